The Hall–Kier alpha value is -1.22. The molecule has 5 heteroatoms. The molecular weight excluding hydrogens is 160 g/mol. The van der Waals surface area contributed by atoms with Crippen molar-refractivity contribution in [1.29, 1.82) is 0 Å². The van der Waals surface area contributed by atoms with E-state index < -0.39 is 0 Å². The van der Waals surface area contributed by atoms with Crippen molar-refractivity contribution in [2.75, 3.05) is 0 Å². The van der Waals surface area contributed by atoms with Gasteiger partial charge in [0.25, 0.3) is 0 Å². The summed E-state index contributed by atoms with van der Waals surface area (Å²) in [5.41, 5.74) is 7.80. The van der Waals surface area contributed by atoms with Crippen molar-refractivity contribution in [1.82, 2.24) is 9.38 Å². The van der Waals surface area contributed by atoms with Crippen LogP contribution in [0.3, 0.4) is 0 Å². The molecule has 2 N–H and O–H groups in total. The Bertz CT molecular complexity index is 397. The minimum absolute atomic E-state index is 0.369. The van der Waals surface area contributed by atoms with Crippen molar-refractivity contribution in [3.63, 3.8) is 0 Å². The Morgan fingerprint density at radius 3 is 2.77 bits per heavy atom. The Balaban J connectivity index is 2.63. The molecule has 0 unspecified atom stereocenters. The molecule has 2 heterocycles. The highest BCUT2D eigenvalue weighted by Crippen LogP contribution is 2.11. The second kappa shape index (κ2) is 2.64. The Kier molecular flexibility index (Phi) is 1.70. The van der Waals surface area contributed by atoms with Gasteiger partial charge in [-0.15, -0.1) is 0 Å². The zero-order valence-electron chi connectivity index (χ0n) is 7.86. The smallest absolute Gasteiger partial charge is 0.136 e. The van der Waals surface area contributed by atoms with Gasteiger partial charge in [0.1, 0.15) is 21.3 Å². The molecule has 0 fully saturated rings. The van der Waals surface area contributed by atoms with E-state index in [0.717, 1.165) is 11.3 Å². The third-order valence-electron chi connectivity index (χ3n) is 2.02. The Labute approximate surface area is 78.8 Å². The number of hydrogen-bond donors (Lipinski definition) is 1. The molecule has 0 aliphatic heterocycles. The molecule has 64 valence electrons. The van der Waals surface area contributed by atoms with Crippen molar-refractivity contribution in [3.05, 3.63) is 36.3 Å². The maximum absolute atomic E-state index is 5.94. The second-order valence-corrected chi connectivity index (χ2v) is 3.81. The maximum Gasteiger partial charge on any atom is 0.136 e. The largest absolute Gasteiger partial charge is 0.334 e. The van der Waals surface area contributed by atoms with Gasteiger partial charge in [-0.1, -0.05) is 6.07 Å². The van der Waals surface area contributed by atoms with Gasteiger partial charge in [-0.25, -0.2) is 4.98 Å². The third-order valence-corrected chi connectivity index (χ3v) is 2.02. The van der Waals surface area contributed by atoms with E-state index in [4.69, 9.17) is 5.73 Å². The van der Waals surface area contributed by atoms with Gasteiger partial charge >= 0.3 is 0 Å². The summed E-state index contributed by atoms with van der Waals surface area (Å²) in [5, 5.41) is -0.369. The molecule has 0 saturated heterocycles. The van der Waals surface area contributed by atoms with Gasteiger partial charge in [-0.05, 0) is 17.5 Å². The standard InChI is InChI=1S/C8H11B2N3/c9-8(10,11)6-5-13-4-2-1-3-7(13)12-6/h1-5H,9-11H2. The van der Waals surface area contributed by atoms with Gasteiger partial charge in [0.05, 0.1) is 5.69 Å². The van der Waals surface area contributed by atoms with E-state index in [2.05, 4.69) is 4.98 Å². The van der Waals surface area contributed by atoms with Gasteiger partial charge in [-0.2, -0.15) is 0 Å². The van der Waals surface area contributed by atoms with Crippen molar-refractivity contribution in [2.45, 2.75) is 5.34 Å². The molecule has 2 rings (SSSR count). The average Bonchev–Trinajstić information content (AvgIpc) is 2.45. The number of rotatable bonds is 1. The Morgan fingerprint density at radius 1 is 1.38 bits per heavy atom. The summed E-state index contributed by atoms with van der Waals surface area (Å²) in [5.74, 6) is 0. The monoisotopic (exact) mass is 171 g/mol. The lowest BCUT2D eigenvalue weighted by Crippen LogP contribution is -2.37. The van der Waals surface area contributed by atoms with E-state index in [9.17, 15) is 0 Å². The van der Waals surface area contributed by atoms with Crippen LogP contribution >= 0.6 is 0 Å². The molecule has 0 aromatic carbocycles. The van der Waals surface area contributed by atoms with Gasteiger partial charge in [0.15, 0.2) is 0 Å². The molecule has 2 aromatic rings. The van der Waals surface area contributed by atoms with Crippen molar-refractivity contribution in [2.24, 2.45) is 5.73 Å². The van der Waals surface area contributed by atoms with Gasteiger partial charge in [0.2, 0.25) is 0 Å². The van der Waals surface area contributed by atoms with Crippen LogP contribution in [0.4, 0.5) is 0 Å². The fourth-order valence-corrected chi connectivity index (χ4v) is 1.25. The van der Waals surface area contributed by atoms with Crippen molar-refractivity contribution >= 4 is 21.3 Å². The van der Waals surface area contributed by atoms with Crippen LogP contribution in [-0.4, -0.2) is 25.1 Å². The van der Waals surface area contributed by atoms with Crippen molar-refractivity contribution < 1.29 is 0 Å². The van der Waals surface area contributed by atoms with Crippen LogP contribution in [0.5, 0.6) is 0 Å². The maximum atomic E-state index is 5.94. The molecule has 0 aliphatic rings. The molecule has 0 saturated carbocycles. The lowest BCUT2D eigenvalue weighted by Gasteiger charge is -2.14. The quantitative estimate of drug-likeness (QED) is 0.540. The molecular formula is C8H11B2N3. The van der Waals surface area contributed by atoms with Gasteiger partial charge < -0.3 is 10.1 Å². The lowest BCUT2D eigenvalue weighted by molar-refractivity contribution is 0.874. The number of imidazole rings is 1. The van der Waals surface area contributed by atoms with E-state index in [1.165, 1.54) is 0 Å². The van der Waals surface area contributed by atoms with E-state index in [0.29, 0.717) is 0 Å². The highest BCUT2D eigenvalue weighted by Gasteiger charge is 2.17. The van der Waals surface area contributed by atoms with Gasteiger partial charge in [0, 0.05) is 12.4 Å². The summed E-state index contributed by atoms with van der Waals surface area (Å²) in [7, 11) is 3.91. The zero-order chi connectivity index (χ0) is 9.47. The molecule has 13 heavy (non-hydrogen) atoms. The number of nitrogens with two attached hydrogens (primary N) is 1. The topological polar surface area (TPSA) is 43.3 Å². The lowest BCUT2D eigenvalue weighted by atomic mass is 9.61. The summed E-state index contributed by atoms with van der Waals surface area (Å²) in [4.78, 5) is 4.42. The minimum atomic E-state index is -0.369. The zero-order valence-corrected chi connectivity index (χ0v) is 7.86. The molecule has 2 aromatic heterocycles. The summed E-state index contributed by atoms with van der Waals surface area (Å²) in [6, 6.07) is 5.91. The predicted octanol–water partition coefficient (Wildman–Crippen LogP) is -1.33. The molecule has 0 spiro atoms. The van der Waals surface area contributed by atoms with Crippen molar-refractivity contribution in [3.8, 4) is 0 Å². The predicted molar refractivity (Wildman–Crippen MR) is 58.1 cm³/mol. The first-order chi connectivity index (χ1) is 6.07. The first-order valence-electron chi connectivity index (χ1n) is 4.30. The van der Waals surface area contributed by atoms with Gasteiger partial charge in [-0.3, -0.25) is 0 Å². The summed E-state index contributed by atoms with van der Waals surface area (Å²) in [6.45, 7) is 0. The van der Waals surface area contributed by atoms with E-state index in [1.807, 2.05) is 50.7 Å². The van der Waals surface area contributed by atoms with Crippen LogP contribution in [0.25, 0.3) is 5.65 Å². The molecule has 0 atom stereocenters. The first kappa shape index (κ1) is 8.38. The third kappa shape index (κ3) is 1.47. The van der Waals surface area contributed by atoms with E-state index in [1.54, 1.807) is 0 Å². The molecule has 0 bridgehead atoms. The van der Waals surface area contributed by atoms with Crippen LogP contribution in [-0.2, 0) is 5.34 Å². The second-order valence-electron chi connectivity index (χ2n) is 3.81. The van der Waals surface area contributed by atoms with Crippen LogP contribution in [0.2, 0.25) is 0 Å². The first-order valence-corrected chi connectivity index (χ1v) is 4.30. The van der Waals surface area contributed by atoms with E-state index >= 15 is 0 Å². The fourth-order valence-electron chi connectivity index (χ4n) is 1.25. The average molecular weight is 171 g/mol. The molecule has 0 amide bonds. The highest BCUT2D eigenvalue weighted by molar-refractivity contribution is 6.39. The minimum Gasteiger partial charge on any atom is -0.334 e. The summed E-state index contributed by atoms with van der Waals surface area (Å²) in [6.07, 6.45) is 3.94. The molecule has 0 aliphatic carbocycles. The highest BCUT2D eigenvalue weighted by atomic mass is 15.0. The molecule has 0 radical (unpaired) electrons. The normalized spacial score (nSPS) is 12.1. The van der Waals surface area contributed by atoms with Crippen LogP contribution in [0.15, 0.2) is 30.6 Å². The summed E-state index contributed by atoms with van der Waals surface area (Å²) >= 11 is 0. The van der Waals surface area contributed by atoms with E-state index in [-0.39, 0.29) is 5.34 Å². The SMILES string of the molecule is BC(B)(N)c1cn2ccccc2n1. The van der Waals surface area contributed by atoms with Crippen LogP contribution < -0.4 is 5.73 Å². The van der Waals surface area contributed by atoms with Crippen LogP contribution in [0, 0.1) is 0 Å². The number of nitrogens with zero attached hydrogens (tertiary/aromatic N) is 2. The van der Waals surface area contributed by atoms with Crippen LogP contribution in [0.1, 0.15) is 5.69 Å². The molecule has 3 nitrogen and oxygen atoms in total. The number of aromatic nitrogens is 2. The number of pyridine rings is 1. The fraction of sp³-hybridized carbons (Fsp3) is 0.125. The summed E-state index contributed by atoms with van der Waals surface area (Å²) < 4.78 is 1.98. The number of fused-ring (bicyclic) bond motifs is 1. The Morgan fingerprint density at radius 2 is 2.15 bits per heavy atom. The number of hydrogen-bond acceptors (Lipinski definition) is 2.